The minimum Gasteiger partial charge on any atom is -0.487 e. The van der Waals surface area contributed by atoms with Gasteiger partial charge in [0.2, 0.25) is 0 Å². The molecule has 3 aromatic carbocycles. The van der Waals surface area contributed by atoms with Crippen LogP contribution in [0.4, 0.5) is 10.5 Å². The lowest BCUT2D eigenvalue weighted by molar-refractivity contribution is -0.122. The lowest BCUT2D eigenvalue weighted by Crippen LogP contribution is -2.54. The number of rotatable bonds is 5. The molecule has 0 atom stereocenters. The fourth-order valence-corrected chi connectivity index (χ4v) is 5.58. The molecule has 0 aromatic heterocycles. The molecule has 1 fully saturated rings. The van der Waals surface area contributed by atoms with E-state index in [-0.39, 0.29) is 5.57 Å². The highest BCUT2D eigenvalue weighted by Crippen LogP contribution is 2.34. The summed E-state index contributed by atoms with van der Waals surface area (Å²) < 4.78 is 9.43. The maximum absolute atomic E-state index is 13.1. The van der Waals surface area contributed by atoms with Crippen molar-refractivity contribution in [1.82, 2.24) is 5.32 Å². The van der Waals surface area contributed by atoms with E-state index in [0.29, 0.717) is 28.1 Å². The van der Waals surface area contributed by atoms with Gasteiger partial charge in [0.05, 0.1) is 13.7 Å². The van der Waals surface area contributed by atoms with Crippen molar-refractivity contribution in [2.45, 2.75) is 6.61 Å². The van der Waals surface area contributed by atoms with Gasteiger partial charge >= 0.3 is 6.03 Å². The molecule has 1 heterocycles. The first-order valence-corrected chi connectivity index (χ1v) is 13.5. The standard InChI is InChI=1S/C24H14Br2I2N2O4/c25-15-3-7-17(8-4-15)30-23(32)18(22(31)29-24(30)33)9-14-10-19(26)21(20(28)11-14)34-12-13-1-5-16(27)6-2-13/h1-11H,12H2,(H,29,31,33)/b18-9+. The third-order valence-corrected chi connectivity index (χ3v) is 7.45. The zero-order chi connectivity index (χ0) is 24.4. The smallest absolute Gasteiger partial charge is 0.335 e. The Morgan fingerprint density at radius 1 is 0.941 bits per heavy atom. The van der Waals surface area contributed by atoms with Crippen LogP contribution in [0.15, 0.2) is 75.2 Å². The van der Waals surface area contributed by atoms with Crippen molar-refractivity contribution in [3.05, 3.63) is 93.4 Å². The van der Waals surface area contributed by atoms with Gasteiger partial charge in [-0.25, -0.2) is 9.69 Å². The molecule has 0 aliphatic carbocycles. The Kier molecular flexibility index (Phi) is 8.10. The molecule has 1 aliphatic heterocycles. The molecule has 10 heteroatoms. The Morgan fingerprint density at radius 2 is 1.62 bits per heavy atom. The zero-order valence-electron chi connectivity index (χ0n) is 17.2. The van der Waals surface area contributed by atoms with Crippen molar-refractivity contribution in [1.29, 1.82) is 0 Å². The first-order valence-electron chi connectivity index (χ1n) is 9.76. The molecule has 0 bridgehead atoms. The molecule has 0 spiro atoms. The average Bonchev–Trinajstić information content (AvgIpc) is 2.78. The summed E-state index contributed by atoms with van der Waals surface area (Å²) in [4.78, 5) is 38.9. The molecule has 1 N–H and O–H groups in total. The van der Waals surface area contributed by atoms with E-state index in [2.05, 4.69) is 82.4 Å². The predicted molar refractivity (Wildman–Crippen MR) is 153 cm³/mol. The summed E-state index contributed by atoms with van der Waals surface area (Å²) in [5.41, 5.74) is 1.87. The summed E-state index contributed by atoms with van der Waals surface area (Å²) in [5, 5.41) is 2.23. The van der Waals surface area contributed by atoms with E-state index in [9.17, 15) is 14.4 Å². The zero-order valence-corrected chi connectivity index (χ0v) is 24.6. The van der Waals surface area contributed by atoms with Crippen LogP contribution in [-0.2, 0) is 16.2 Å². The molecular formula is C24H14Br2I2N2O4. The largest absolute Gasteiger partial charge is 0.487 e. The van der Waals surface area contributed by atoms with Crippen molar-refractivity contribution >= 4 is 107 Å². The second-order valence-corrected chi connectivity index (χ2v) is 11.3. The second-order valence-electron chi connectivity index (χ2n) is 7.16. The highest BCUT2D eigenvalue weighted by atomic mass is 127. The molecular weight excluding hydrogens is 794 g/mol. The van der Waals surface area contributed by atoms with Crippen LogP contribution in [0.5, 0.6) is 5.75 Å². The van der Waals surface area contributed by atoms with Gasteiger partial charge in [-0.05, 0) is 127 Å². The number of carbonyl (C=O) groups is 3. The van der Waals surface area contributed by atoms with Gasteiger partial charge in [0.15, 0.2) is 0 Å². The second kappa shape index (κ2) is 10.9. The first kappa shape index (κ1) is 25.3. The Balaban J connectivity index is 1.60. The molecule has 0 saturated carbocycles. The van der Waals surface area contributed by atoms with Gasteiger partial charge in [-0.3, -0.25) is 14.9 Å². The average molecular weight is 808 g/mol. The van der Waals surface area contributed by atoms with E-state index >= 15 is 0 Å². The summed E-state index contributed by atoms with van der Waals surface area (Å²) in [6.45, 7) is 0.400. The molecule has 3 aromatic rings. The van der Waals surface area contributed by atoms with Gasteiger partial charge in [-0.15, -0.1) is 0 Å². The Bertz CT molecular complexity index is 1300. The van der Waals surface area contributed by atoms with Gasteiger partial charge in [0.25, 0.3) is 11.8 Å². The van der Waals surface area contributed by atoms with Crippen molar-refractivity contribution in [3.8, 4) is 5.75 Å². The van der Waals surface area contributed by atoms with Crippen LogP contribution < -0.4 is 15.0 Å². The Labute approximate surface area is 239 Å². The van der Waals surface area contributed by atoms with E-state index in [0.717, 1.165) is 22.1 Å². The molecule has 0 unspecified atom stereocenters. The van der Waals surface area contributed by atoms with Crippen LogP contribution in [0.25, 0.3) is 6.08 Å². The van der Waals surface area contributed by atoms with Gasteiger partial charge in [-0.2, -0.15) is 0 Å². The monoisotopic (exact) mass is 806 g/mol. The molecule has 1 saturated heterocycles. The van der Waals surface area contributed by atoms with Gasteiger partial charge in [0.1, 0.15) is 17.9 Å². The molecule has 6 nitrogen and oxygen atoms in total. The number of anilines is 1. The summed E-state index contributed by atoms with van der Waals surface area (Å²) in [6, 6.07) is 17.5. The lowest BCUT2D eigenvalue weighted by Gasteiger charge is -2.26. The third kappa shape index (κ3) is 5.71. The van der Waals surface area contributed by atoms with Crippen LogP contribution in [0.3, 0.4) is 0 Å². The number of nitrogens with zero attached hydrogens (tertiary/aromatic N) is 1. The summed E-state index contributed by atoms with van der Waals surface area (Å²) in [5.74, 6) is -0.776. The van der Waals surface area contributed by atoms with Gasteiger partial charge in [-0.1, -0.05) is 28.1 Å². The number of benzene rings is 3. The number of hydrogen-bond acceptors (Lipinski definition) is 4. The number of urea groups is 1. The highest BCUT2D eigenvalue weighted by molar-refractivity contribution is 14.1. The van der Waals surface area contributed by atoms with Crippen molar-refractivity contribution < 1.29 is 19.1 Å². The van der Waals surface area contributed by atoms with E-state index in [1.807, 2.05) is 30.3 Å². The maximum Gasteiger partial charge on any atom is 0.335 e. The number of nitrogens with one attached hydrogen (secondary N) is 1. The van der Waals surface area contributed by atoms with Crippen LogP contribution in [0.2, 0.25) is 0 Å². The minimum atomic E-state index is -0.787. The highest BCUT2D eigenvalue weighted by Gasteiger charge is 2.36. The van der Waals surface area contributed by atoms with Gasteiger partial charge in [0, 0.05) is 8.04 Å². The number of hydrogen-bond donors (Lipinski definition) is 1. The Hall–Kier alpha value is -1.77. The minimum absolute atomic E-state index is 0.141. The number of ether oxygens (including phenoxy) is 1. The SMILES string of the molecule is O=C1NC(=O)N(c2ccc(Br)cc2)C(=O)/C1=C/c1cc(Br)c(OCc2ccc(I)cc2)c(I)c1. The molecule has 4 amide bonds. The number of halogens is 4. The topological polar surface area (TPSA) is 75.7 Å². The number of amides is 4. The van der Waals surface area contributed by atoms with Crippen molar-refractivity contribution in [3.63, 3.8) is 0 Å². The number of carbonyl (C=O) groups excluding carboxylic acids is 3. The van der Waals surface area contributed by atoms with E-state index < -0.39 is 17.8 Å². The normalized spacial score (nSPS) is 15.0. The van der Waals surface area contributed by atoms with Gasteiger partial charge < -0.3 is 4.74 Å². The maximum atomic E-state index is 13.1. The molecule has 1 aliphatic rings. The van der Waals surface area contributed by atoms with Crippen molar-refractivity contribution in [2.24, 2.45) is 0 Å². The molecule has 34 heavy (non-hydrogen) atoms. The van der Waals surface area contributed by atoms with Crippen LogP contribution in [-0.4, -0.2) is 17.8 Å². The number of imide groups is 2. The van der Waals surface area contributed by atoms with Crippen LogP contribution in [0.1, 0.15) is 11.1 Å². The van der Waals surface area contributed by atoms with E-state index in [1.54, 1.807) is 30.3 Å². The summed E-state index contributed by atoms with van der Waals surface area (Å²) >= 11 is 11.3. The number of barbiturate groups is 1. The summed E-state index contributed by atoms with van der Waals surface area (Å²) in [6.07, 6.45) is 1.46. The lowest BCUT2D eigenvalue weighted by atomic mass is 10.1. The first-order chi connectivity index (χ1) is 16.2. The fourth-order valence-electron chi connectivity index (χ4n) is 3.19. The van der Waals surface area contributed by atoms with Crippen LogP contribution >= 0.6 is 77.0 Å². The van der Waals surface area contributed by atoms with E-state index in [4.69, 9.17) is 4.74 Å². The predicted octanol–water partition coefficient (Wildman–Crippen LogP) is 6.67. The molecule has 0 radical (unpaired) electrons. The Morgan fingerprint density at radius 3 is 2.26 bits per heavy atom. The quantitative estimate of drug-likeness (QED) is 0.178. The van der Waals surface area contributed by atoms with E-state index in [1.165, 1.54) is 6.08 Å². The molecule has 172 valence electrons. The third-order valence-electron chi connectivity index (χ3n) is 4.81. The van der Waals surface area contributed by atoms with Crippen LogP contribution in [0, 0.1) is 7.14 Å². The fraction of sp³-hybridized carbons (Fsp3) is 0.0417. The summed E-state index contributed by atoms with van der Waals surface area (Å²) in [7, 11) is 0. The van der Waals surface area contributed by atoms with Crippen molar-refractivity contribution in [2.75, 3.05) is 4.90 Å². The molecule has 4 rings (SSSR count).